The number of ether oxygens (including phenoxy) is 1. The Balaban J connectivity index is 2.18. The number of thiocarbonyl (C=S) groups is 1. The first-order valence-corrected chi connectivity index (χ1v) is 9.87. The van der Waals surface area contributed by atoms with E-state index < -0.39 is 5.92 Å². The van der Waals surface area contributed by atoms with Gasteiger partial charge >= 0.3 is 0 Å². The number of hydrogen-bond donors (Lipinski definition) is 1. The normalized spacial score (nSPS) is 17.1. The molecule has 152 valence electrons. The van der Waals surface area contributed by atoms with E-state index in [2.05, 4.69) is 19.1 Å². The van der Waals surface area contributed by atoms with Crippen LogP contribution in [0.5, 0.6) is 5.75 Å². The number of methoxy groups -OCH3 is 1. The summed E-state index contributed by atoms with van der Waals surface area (Å²) in [4.78, 5) is 34.0. The van der Waals surface area contributed by atoms with Crippen molar-refractivity contribution in [1.82, 2.24) is 9.80 Å². The van der Waals surface area contributed by atoms with Crippen LogP contribution in [0.25, 0.3) is 0 Å². The Morgan fingerprint density at radius 2 is 1.68 bits per heavy atom. The summed E-state index contributed by atoms with van der Waals surface area (Å²) in [7, 11) is 5.74. The Morgan fingerprint density at radius 3 is 2.11 bits per heavy atom. The molecule has 1 heterocycles. The first-order chi connectivity index (χ1) is 13.3. The highest BCUT2D eigenvalue weighted by molar-refractivity contribution is 7.80. The van der Waals surface area contributed by atoms with E-state index in [1.807, 2.05) is 38.1 Å². The van der Waals surface area contributed by atoms with E-state index in [9.17, 15) is 9.59 Å². The molecular formula is C20H29N4O3S+. The summed E-state index contributed by atoms with van der Waals surface area (Å²) >= 11 is 5.28. The van der Waals surface area contributed by atoms with Crippen LogP contribution in [0, 0.1) is 5.92 Å². The van der Waals surface area contributed by atoms with E-state index in [0.717, 1.165) is 11.3 Å². The standard InChI is InChI=1S/C20H28N4O3S/c1-6-23-18(25)16(19(26)24(7-2)20(23)28)12-21-13-17(22(3)4)14-8-10-15(27-5)11-9-14/h8-12,16-17H,6-7,13H2,1-5H3/p+1/t17-/m1/s1. The molecule has 7 nitrogen and oxygen atoms in total. The van der Waals surface area contributed by atoms with E-state index in [-0.39, 0.29) is 23.0 Å². The minimum atomic E-state index is -0.916. The molecule has 0 unspecified atom stereocenters. The third kappa shape index (κ3) is 4.56. The molecule has 1 aliphatic heterocycles. The summed E-state index contributed by atoms with van der Waals surface area (Å²) in [5, 5.41) is 0.276. The van der Waals surface area contributed by atoms with Gasteiger partial charge in [0.25, 0.3) is 0 Å². The van der Waals surface area contributed by atoms with E-state index in [4.69, 9.17) is 17.0 Å². The van der Waals surface area contributed by atoms with Crippen molar-refractivity contribution in [3.8, 4) is 5.75 Å². The number of amides is 2. The average Bonchev–Trinajstić information content (AvgIpc) is 2.68. The molecule has 1 aliphatic rings. The van der Waals surface area contributed by atoms with Gasteiger partial charge in [0, 0.05) is 24.9 Å². The molecule has 0 spiro atoms. The molecule has 1 fully saturated rings. The Morgan fingerprint density at radius 1 is 1.14 bits per heavy atom. The van der Waals surface area contributed by atoms with Gasteiger partial charge in [0.1, 0.15) is 11.8 Å². The SMILES string of the molecule is CCN1C(=O)C(C=NC[C@H](c2ccc(OC)cc2)[NH+](C)C)C(=O)N(CC)C1=S. The van der Waals surface area contributed by atoms with Crippen LogP contribution < -0.4 is 9.64 Å². The highest BCUT2D eigenvalue weighted by Gasteiger charge is 2.41. The predicted octanol–water partition coefficient (Wildman–Crippen LogP) is 0.563. The summed E-state index contributed by atoms with van der Waals surface area (Å²) in [5.74, 6) is -0.720. The van der Waals surface area contributed by atoms with Crippen molar-refractivity contribution in [2.24, 2.45) is 10.9 Å². The largest absolute Gasteiger partial charge is 0.497 e. The van der Waals surface area contributed by atoms with Crippen LogP contribution in [-0.2, 0) is 9.59 Å². The van der Waals surface area contributed by atoms with Crippen molar-refractivity contribution in [2.45, 2.75) is 19.9 Å². The lowest BCUT2D eigenvalue weighted by molar-refractivity contribution is -0.890. The minimum absolute atomic E-state index is 0.0987. The second-order valence-corrected chi connectivity index (χ2v) is 7.21. The van der Waals surface area contributed by atoms with Crippen molar-refractivity contribution in [3.63, 3.8) is 0 Å². The summed E-state index contributed by atoms with van der Waals surface area (Å²) in [6, 6.07) is 7.96. The van der Waals surface area contributed by atoms with Crippen LogP contribution in [0.2, 0.25) is 0 Å². The van der Waals surface area contributed by atoms with Gasteiger partial charge in [0.15, 0.2) is 11.0 Å². The Hall–Kier alpha value is -2.32. The zero-order chi connectivity index (χ0) is 20.8. The molecule has 0 aliphatic carbocycles. The molecule has 28 heavy (non-hydrogen) atoms. The third-order valence-electron chi connectivity index (χ3n) is 4.92. The number of hydrogen-bond acceptors (Lipinski definition) is 5. The molecule has 2 rings (SSSR count). The Bertz CT molecular complexity index is 722. The van der Waals surface area contributed by atoms with Gasteiger partial charge < -0.3 is 9.64 Å². The van der Waals surface area contributed by atoms with Gasteiger partial charge in [-0.15, -0.1) is 0 Å². The van der Waals surface area contributed by atoms with Gasteiger partial charge in [-0.1, -0.05) is 0 Å². The maximum atomic E-state index is 12.7. The van der Waals surface area contributed by atoms with Crippen LogP contribution in [-0.4, -0.2) is 73.8 Å². The molecule has 1 atom stereocenters. The summed E-state index contributed by atoms with van der Waals surface area (Å²) in [6.45, 7) is 5.02. The third-order valence-corrected chi connectivity index (χ3v) is 5.36. The fraction of sp³-hybridized carbons (Fsp3) is 0.500. The quantitative estimate of drug-likeness (QED) is 0.390. The predicted molar refractivity (Wildman–Crippen MR) is 113 cm³/mol. The summed E-state index contributed by atoms with van der Waals surface area (Å²) in [5.41, 5.74) is 1.12. The second kappa shape index (κ2) is 9.75. The lowest BCUT2D eigenvalue weighted by Crippen LogP contribution is -3.06. The number of carbonyl (C=O) groups excluding carboxylic acids is 2. The van der Waals surface area contributed by atoms with Crippen LogP contribution >= 0.6 is 12.2 Å². The number of quaternary nitrogens is 1. The first-order valence-electron chi connectivity index (χ1n) is 9.46. The van der Waals surface area contributed by atoms with Crippen LogP contribution in [0.4, 0.5) is 0 Å². The molecule has 1 N–H and O–H groups in total. The smallest absolute Gasteiger partial charge is 0.246 e. The number of nitrogens with zero attached hydrogens (tertiary/aromatic N) is 3. The van der Waals surface area contributed by atoms with Gasteiger partial charge in [-0.25, -0.2) is 0 Å². The van der Waals surface area contributed by atoms with E-state index in [1.165, 1.54) is 20.9 Å². The van der Waals surface area contributed by atoms with Crippen molar-refractivity contribution in [3.05, 3.63) is 29.8 Å². The number of benzene rings is 1. The van der Waals surface area contributed by atoms with Gasteiger partial charge in [-0.2, -0.15) is 0 Å². The molecule has 2 amide bonds. The molecule has 8 heteroatoms. The average molecular weight is 406 g/mol. The van der Waals surface area contributed by atoms with Crippen LogP contribution in [0.1, 0.15) is 25.5 Å². The molecule has 1 aromatic rings. The fourth-order valence-electron chi connectivity index (χ4n) is 3.21. The highest BCUT2D eigenvalue weighted by atomic mass is 32.1. The van der Waals surface area contributed by atoms with E-state index in [0.29, 0.717) is 19.6 Å². The maximum Gasteiger partial charge on any atom is 0.246 e. The summed E-state index contributed by atoms with van der Waals surface area (Å²) < 4.78 is 5.21. The van der Waals surface area contributed by atoms with E-state index >= 15 is 0 Å². The zero-order valence-electron chi connectivity index (χ0n) is 17.1. The lowest BCUT2D eigenvalue weighted by atomic mass is 10.0. The van der Waals surface area contributed by atoms with Gasteiger partial charge in [0.2, 0.25) is 11.8 Å². The van der Waals surface area contributed by atoms with Gasteiger partial charge in [-0.3, -0.25) is 24.4 Å². The number of nitrogens with one attached hydrogen (secondary N) is 1. The number of aliphatic imine (C=N–C) groups is 1. The fourth-order valence-corrected chi connectivity index (χ4v) is 3.65. The van der Waals surface area contributed by atoms with Crippen molar-refractivity contribution >= 4 is 35.4 Å². The van der Waals surface area contributed by atoms with Gasteiger partial charge in [-0.05, 0) is 50.3 Å². The van der Waals surface area contributed by atoms with E-state index in [1.54, 1.807) is 7.11 Å². The van der Waals surface area contributed by atoms with Crippen molar-refractivity contribution in [2.75, 3.05) is 40.8 Å². The molecule has 0 saturated carbocycles. The van der Waals surface area contributed by atoms with Gasteiger partial charge in [0.05, 0.1) is 27.7 Å². The zero-order valence-corrected chi connectivity index (χ0v) is 18.0. The highest BCUT2D eigenvalue weighted by Crippen LogP contribution is 2.18. The number of carbonyl (C=O) groups is 2. The molecular weight excluding hydrogens is 376 g/mol. The second-order valence-electron chi connectivity index (χ2n) is 6.84. The Kier molecular flexibility index (Phi) is 7.65. The maximum absolute atomic E-state index is 12.7. The lowest BCUT2D eigenvalue weighted by Gasteiger charge is -2.37. The van der Waals surface area contributed by atoms with Crippen molar-refractivity contribution < 1.29 is 19.2 Å². The van der Waals surface area contributed by atoms with Crippen molar-refractivity contribution in [1.29, 1.82) is 0 Å². The topological polar surface area (TPSA) is 66.7 Å². The van der Waals surface area contributed by atoms with Crippen LogP contribution in [0.3, 0.4) is 0 Å². The molecule has 1 aromatic carbocycles. The minimum Gasteiger partial charge on any atom is -0.497 e. The molecule has 0 bridgehead atoms. The Labute approximate surface area is 172 Å². The summed E-state index contributed by atoms with van der Waals surface area (Å²) in [6.07, 6.45) is 1.48. The molecule has 0 radical (unpaired) electrons. The molecule has 0 aromatic heterocycles. The van der Waals surface area contributed by atoms with Crippen LogP contribution in [0.15, 0.2) is 29.3 Å². The monoisotopic (exact) mass is 405 g/mol. The number of rotatable bonds is 8. The number of likely N-dealkylation sites (N-methyl/N-ethyl adjacent to an activating group) is 1. The first kappa shape index (κ1) is 22.0. The molecule has 1 saturated heterocycles.